The molecule has 1 aromatic rings. The van der Waals surface area contributed by atoms with Crippen LogP contribution in [0.15, 0.2) is 18.2 Å². The number of fused-ring (bicyclic) bond motifs is 3. The van der Waals surface area contributed by atoms with E-state index in [2.05, 4.69) is 22.3 Å². The summed E-state index contributed by atoms with van der Waals surface area (Å²) in [5.74, 6) is 0.991. The first-order valence-electron chi connectivity index (χ1n) is 6.16. The molecule has 86 valence electrons. The predicted molar refractivity (Wildman–Crippen MR) is 66.5 cm³/mol. The molecule has 16 heavy (non-hydrogen) atoms. The minimum absolute atomic E-state index is 0.685. The monoisotopic (exact) mass is 218 g/mol. The first kappa shape index (κ1) is 9.82. The Bertz CT molecular complexity index is 392. The zero-order valence-electron chi connectivity index (χ0n) is 9.70. The van der Waals surface area contributed by atoms with Crippen LogP contribution in [0.4, 0.5) is 11.4 Å². The van der Waals surface area contributed by atoms with Gasteiger partial charge in [0.1, 0.15) is 11.4 Å². The number of anilines is 2. The molecule has 1 unspecified atom stereocenters. The Labute approximate surface area is 96.4 Å². The number of nitrogens with zero attached hydrogens (tertiary/aromatic N) is 1. The average molecular weight is 218 g/mol. The van der Waals surface area contributed by atoms with Crippen LogP contribution in [0.3, 0.4) is 0 Å². The third kappa shape index (κ3) is 1.42. The molecule has 0 bridgehead atoms. The molecule has 2 heterocycles. The van der Waals surface area contributed by atoms with E-state index >= 15 is 0 Å². The maximum atomic E-state index is 5.66. The molecule has 1 saturated heterocycles. The molecule has 2 aliphatic heterocycles. The Kier molecular flexibility index (Phi) is 2.39. The summed E-state index contributed by atoms with van der Waals surface area (Å²) in [4.78, 5) is 2.52. The van der Waals surface area contributed by atoms with E-state index in [-0.39, 0.29) is 0 Å². The van der Waals surface area contributed by atoms with Crippen LogP contribution in [0, 0.1) is 0 Å². The molecular weight excluding hydrogens is 200 g/mol. The molecule has 1 N–H and O–H groups in total. The first-order chi connectivity index (χ1) is 7.90. The summed E-state index contributed by atoms with van der Waals surface area (Å²) in [7, 11) is 0. The van der Waals surface area contributed by atoms with Gasteiger partial charge in [0.25, 0.3) is 0 Å². The van der Waals surface area contributed by atoms with Crippen LogP contribution < -0.4 is 15.0 Å². The summed E-state index contributed by atoms with van der Waals surface area (Å²) in [6, 6.07) is 7.02. The lowest BCUT2D eigenvalue weighted by atomic mass is 10.1. The van der Waals surface area contributed by atoms with Gasteiger partial charge >= 0.3 is 0 Å². The topological polar surface area (TPSA) is 24.5 Å². The van der Waals surface area contributed by atoms with Gasteiger partial charge in [-0.15, -0.1) is 0 Å². The first-order valence-corrected chi connectivity index (χ1v) is 6.16. The summed E-state index contributed by atoms with van der Waals surface area (Å²) in [6.45, 7) is 4.99. The summed E-state index contributed by atoms with van der Waals surface area (Å²) < 4.78 is 5.66. The van der Waals surface area contributed by atoms with E-state index in [1.165, 1.54) is 30.8 Å². The van der Waals surface area contributed by atoms with Crippen molar-refractivity contribution in [2.45, 2.75) is 25.8 Å². The number of rotatable bonds is 2. The Hall–Kier alpha value is -1.38. The van der Waals surface area contributed by atoms with E-state index < -0.39 is 0 Å². The number of ether oxygens (including phenoxy) is 1. The summed E-state index contributed by atoms with van der Waals surface area (Å²) in [5, 5.41) is 3.52. The van der Waals surface area contributed by atoms with Crippen molar-refractivity contribution in [1.82, 2.24) is 0 Å². The second-order valence-electron chi connectivity index (χ2n) is 4.45. The van der Waals surface area contributed by atoms with Gasteiger partial charge < -0.3 is 15.0 Å². The second kappa shape index (κ2) is 3.89. The highest BCUT2D eigenvalue weighted by molar-refractivity contribution is 5.79. The molecule has 0 amide bonds. The van der Waals surface area contributed by atoms with Crippen molar-refractivity contribution in [3.05, 3.63) is 18.2 Å². The maximum absolute atomic E-state index is 5.66. The molecule has 2 aliphatic rings. The Morgan fingerprint density at radius 2 is 2.44 bits per heavy atom. The summed E-state index contributed by atoms with van der Waals surface area (Å²) in [6.07, 6.45) is 2.62. The van der Waals surface area contributed by atoms with E-state index in [0.717, 1.165) is 18.9 Å². The van der Waals surface area contributed by atoms with Gasteiger partial charge in [-0.05, 0) is 31.9 Å². The SMILES string of the molecule is CCOc1cccc2c1NCC1CCCN21. The Morgan fingerprint density at radius 3 is 3.31 bits per heavy atom. The van der Waals surface area contributed by atoms with Crippen LogP contribution in [-0.2, 0) is 0 Å². The number of hydrogen-bond acceptors (Lipinski definition) is 3. The van der Waals surface area contributed by atoms with Crippen LogP contribution in [0.2, 0.25) is 0 Å². The molecule has 0 aliphatic carbocycles. The lowest BCUT2D eigenvalue weighted by Gasteiger charge is -2.35. The Morgan fingerprint density at radius 1 is 1.50 bits per heavy atom. The normalized spacial score (nSPS) is 22.3. The molecule has 0 spiro atoms. The average Bonchev–Trinajstić information content (AvgIpc) is 2.78. The molecule has 1 fully saturated rings. The number of para-hydroxylation sites is 1. The lowest BCUT2D eigenvalue weighted by molar-refractivity contribution is 0.341. The van der Waals surface area contributed by atoms with Crippen molar-refractivity contribution in [2.75, 3.05) is 29.9 Å². The molecule has 1 aromatic carbocycles. The molecule has 3 heteroatoms. The molecule has 0 saturated carbocycles. The molecular formula is C13H18N2O. The Balaban J connectivity index is 2.00. The van der Waals surface area contributed by atoms with E-state index in [1.54, 1.807) is 0 Å². The summed E-state index contributed by atoms with van der Waals surface area (Å²) in [5.41, 5.74) is 2.50. The van der Waals surface area contributed by atoms with Crippen LogP contribution in [0.5, 0.6) is 5.75 Å². The number of nitrogens with one attached hydrogen (secondary N) is 1. The molecule has 0 radical (unpaired) electrons. The van der Waals surface area contributed by atoms with Crippen molar-refractivity contribution in [3.63, 3.8) is 0 Å². The van der Waals surface area contributed by atoms with Gasteiger partial charge in [-0.3, -0.25) is 0 Å². The van der Waals surface area contributed by atoms with Crippen molar-refractivity contribution < 1.29 is 4.74 Å². The zero-order chi connectivity index (χ0) is 11.0. The van der Waals surface area contributed by atoms with Crippen molar-refractivity contribution in [2.24, 2.45) is 0 Å². The van der Waals surface area contributed by atoms with Crippen LogP contribution in [-0.4, -0.2) is 25.7 Å². The standard InChI is InChI=1S/C13H18N2O/c1-2-16-12-7-3-6-11-13(12)14-9-10-5-4-8-15(10)11/h3,6-7,10,14H,2,4-5,8-9H2,1H3. The fourth-order valence-electron chi connectivity index (χ4n) is 2.80. The zero-order valence-corrected chi connectivity index (χ0v) is 9.70. The summed E-state index contributed by atoms with van der Waals surface area (Å²) >= 11 is 0. The second-order valence-corrected chi connectivity index (χ2v) is 4.45. The van der Waals surface area contributed by atoms with Crippen molar-refractivity contribution >= 4 is 11.4 Å². The van der Waals surface area contributed by atoms with Crippen molar-refractivity contribution in [1.29, 1.82) is 0 Å². The molecule has 1 atom stereocenters. The third-order valence-corrected chi connectivity index (χ3v) is 3.51. The van der Waals surface area contributed by atoms with Gasteiger partial charge in [0.15, 0.2) is 0 Å². The minimum atomic E-state index is 0.685. The van der Waals surface area contributed by atoms with Gasteiger partial charge in [-0.2, -0.15) is 0 Å². The van der Waals surface area contributed by atoms with Crippen LogP contribution in [0.25, 0.3) is 0 Å². The van der Waals surface area contributed by atoms with Crippen molar-refractivity contribution in [3.8, 4) is 5.75 Å². The molecule has 0 aromatic heterocycles. The largest absolute Gasteiger partial charge is 0.492 e. The third-order valence-electron chi connectivity index (χ3n) is 3.51. The number of benzene rings is 1. The van der Waals surface area contributed by atoms with Gasteiger partial charge in [0.05, 0.1) is 12.3 Å². The van der Waals surface area contributed by atoms with Gasteiger partial charge in [0, 0.05) is 19.1 Å². The maximum Gasteiger partial charge on any atom is 0.144 e. The fraction of sp³-hybridized carbons (Fsp3) is 0.538. The smallest absolute Gasteiger partial charge is 0.144 e. The van der Waals surface area contributed by atoms with E-state index in [0.29, 0.717) is 6.04 Å². The van der Waals surface area contributed by atoms with Crippen LogP contribution >= 0.6 is 0 Å². The number of hydrogen-bond donors (Lipinski definition) is 1. The van der Waals surface area contributed by atoms with E-state index in [9.17, 15) is 0 Å². The van der Waals surface area contributed by atoms with E-state index in [1.807, 2.05) is 13.0 Å². The highest BCUT2D eigenvalue weighted by Crippen LogP contribution is 2.41. The fourth-order valence-corrected chi connectivity index (χ4v) is 2.80. The van der Waals surface area contributed by atoms with Gasteiger partial charge in [-0.25, -0.2) is 0 Å². The molecule has 3 nitrogen and oxygen atoms in total. The lowest BCUT2D eigenvalue weighted by Crippen LogP contribution is -2.39. The van der Waals surface area contributed by atoms with Gasteiger partial charge in [-0.1, -0.05) is 6.07 Å². The highest BCUT2D eigenvalue weighted by atomic mass is 16.5. The van der Waals surface area contributed by atoms with E-state index in [4.69, 9.17) is 4.74 Å². The predicted octanol–water partition coefficient (Wildman–Crippen LogP) is 2.48. The molecule has 3 rings (SSSR count). The van der Waals surface area contributed by atoms with Gasteiger partial charge in [0.2, 0.25) is 0 Å². The highest BCUT2D eigenvalue weighted by Gasteiger charge is 2.31. The van der Waals surface area contributed by atoms with Crippen LogP contribution in [0.1, 0.15) is 19.8 Å². The quantitative estimate of drug-likeness (QED) is 0.825. The minimum Gasteiger partial charge on any atom is -0.492 e.